The Hall–Kier alpha value is -3.84. The number of benzene rings is 1. The fourth-order valence-corrected chi connectivity index (χ4v) is 3.46. The SMILES string of the molecule is COc1cc(OC)c(F)c(COc2cnc(N/C(C=N)=C/[NH2+]CC(=O)N3CCC(O)CC3)nc2)c1F. The molecule has 1 aliphatic rings. The lowest BCUT2D eigenvalue weighted by Gasteiger charge is -2.28. The van der Waals surface area contributed by atoms with Crippen LogP contribution in [0.2, 0.25) is 0 Å². The van der Waals surface area contributed by atoms with E-state index in [0.29, 0.717) is 31.6 Å². The third-order valence-electron chi connectivity index (χ3n) is 5.49. The number of ether oxygens (including phenoxy) is 3. The van der Waals surface area contributed by atoms with Crippen LogP contribution in [0.5, 0.6) is 17.2 Å². The van der Waals surface area contributed by atoms with Crippen molar-refractivity contribution >= 4 is 18.1 Å². The van der Waals surface area contributed by atoms with Crippen LogP contribution in [0.1, 0.15) is 18.4 Å². The normalized spacial score (nSPS) is 14.4. The number of halogens is 2. The van der Waals surface area contributed by atoms with Crippen molar-refractivity contribution < 1.29 is 38.2 Å². The topological polar surface area (TPSA) is 146 Å². The minimum atomic E-state index is -0.900. The quantitative estimate of drug-likeness (QED) is 0.327. The summed E-state index contributed by atoms with van der Waals surface area (Å²) in [6.07, 6.45) is 6.03. The highest BCUT2D eigenvalue weighted by Gasteiger charge is 2.22. The molecule has 1 aliphatic heterocycles. The van der Waals surface area contributed by atoms with E-state index in [4.69, 9.17) is 19.6 Å². The molecule has 5 N–H and O–H groups in total. The lowest BCUT2D eigenvalue weighted by Crippen LogP contribution is -2.81. The Morgan fingerprint density at radius 2 is 1.83 bits per heavy atom. The monoisotopic (exact) mass is 507 g/mol. The van der Waals surface area contributed by atoms with E-state index in [9.17, 15) is 18.7 Å². The highest BCUT2D eigenvalue weighted by molar-refractivity contribution is 5.79. The van der Waals surface area contributed by atoms with Crippen molar-refractivity contribution in [1.29, 1.82) is 5.41 Å². The van der Waals surface area contributed by atoms with E-state index in [1.54, 1.807) is 16.4 Å². The fourth-order valence-electron chi connectivity index (χ4n) is 3.46. The number of carbonyl (C=O) groups excluding carboxylic acids is 1. The largest absolute Gasteiger partial charge is 0.494 e. The summed E-state index contributed by atoms with van der Waals surface area (Å²) in [6, 6.07) is 1.11. The second kappa shape index (κ2) is 12.7. The lowest BCUT2D eigenvalue weighted by molar-refractivity contribution is -0.577. The number of methoxy groups -OCH3 is 2. The highest BCUT2D eigenvalue weighted by atomic mass is 19.1. The summed E-state index contributed by atoms with van der Waals surface area (Å²) in [5.74, 6) is -1.90. The van der Waals surface area contributed by atoms with Crippen LogP contribution >= 0.6 is 0 Å². The Balaban J connectivity index is 1.55. The molecule has 0 saturated carbocycles. The number of carbonyl (C=O) groups is 1. The Bertz CT molecular complexity index is 1060. The third kappa shape index (κ3) is 6.86. The van der Waals surface area contributed by atoms with Gasteiger partial charge in [-0.05, 0) is 12.8 Å². The number of quaternary nitrogens is 1. The van der Waals surface area contributed by atoms with Gasteiger partial charge in [0.15, 0.2) is 35.4 Å². The molecule has 0 radical (unpaired) electrons. The maximum atomic E-state index is 14.5. The van der Waals surface area contributed by atoms with Crippen LogP contribution in [0.15, 0.2) is 30.4 Å². The average molecular weight is 508 g/mol. The molecule has 1 fully saturated rings. The molecule has 0 aliphatic carbocycles. The Morgan fingerprint density at radius 3 is 2.39 bits per heavy atom. The van der Waals surface area contributed by atoms with Gasteiger partial charge in [-0.25, -0.2) is 18.7 Å². The van der Waals surface area contributed by atoms with E-state index in [2.05, 4.69) is 15.3 Å². The number of piperidine rings is 1. The van der Waals surface area contributed by atoms with Crippen LogP contribution < -0.4 is 24.8 Å². The lowest BCUT2D eigenvalue weighted by atomic mass is 10.1. The van der Waals surface area contributed by atoms with Crippen molar-refractivity contribution in [1.82, 2.24) is 14.9 Å². The van der Waals surface area contributed by atoms with Crippen molar-refractivity contribution in [3.05, 3.63) is 47.6 Å². The van der Waals surface area contributed by atoms with Gasteiger partial charge in [-0.15, -0.1) is 0 Å². The van der Waals surface area contributed by atoms with Crippen LogP contribution in [-0.2, 0) is 11.4 Å². The molecule has 1 aromatic carbocycles. The molecule has 3 rings (SSSR count). The zero-order valence-electron chi connectivity index (χ0n) is 20.0. The number of anilines is 1. The molecule has 1 amide bonds. The first-order valence-electron chi connectivity index (χ1n) is 11.2. The summed E-state index contributed by atoms with van der Waals surface area (Å²) >= 11 is 0. The predicted molar refractivity (Wildman–Crippen MR) is 125 cm³/mol. The van der Waals surface area contributed by atoms with Crippen LogP contribution in [0.3, 0.4) is 0 Å². The van der Waals surface area contributed by atoms with Gasteiger partial charge in [0.2, 0.25) is 5.95 Å². The molecule has 2 aromatic rings. The van der Waals surface area contributed by atoms with Crippen molar-refractivity contribution in [2.75, 3.05) is 39.2 Å². The molecule has 11 nitrogen and oxygen atoms in total. The number of hydrogen-bond acceptors (Lipinski definition) is 9. The van der Waals surface area contributed by atoms with Crippen LogP contribution in [-0.4, -0.2) is 72.1 Å². The van der Waals surface area contributed by atoms with E-state index in [1.165, 1.54) is 26.6 Å². The maximum Gasteiger partial charge on any atom is 0.278 e. The Labute approximate surface area is 206 Å². The molecular formula is C23H29F2N6O5+. The van der Waals surface area contributed by atoms with Crippen LogP contribution in [0.4, 0.5) is 14.7 Å². The molecule has 0 atom stereocenters. The smallest absolute Gasteiger partial charge is 0.278 e. The number of aliphatic hydroxyl groups is 1. The fraction of sp³-hybridized carbons (Fsp3) is 0.391. The van der Waals surface area contributed by atoms with Crippen LogP contribution in [0.25, 0.3) is 0 Å². The van der Waals surface area contributed by atoms with Gasteiger partial charge in [0, 0.05) is 25.4 Å². The maximum absolute atomic E-state index is 14.5. The second-order valence-corrected chi connectivity index (χ2v) is 7.86. The van der Waals surface area contributed by atoms with Crippen LogP contribution in [0, 0.1) is 17.0 Å². The number of amides is 1. The van der Waals surface area contributed by atoms with E-state index in [-0.39, 0.29) is 47.3 Å². The van der Waals surface area contributed by atoms with Gasteiger partial charge in [-0.1, -0.05) is 0 Å². The zero-order chi connectivity index (χ0) is 26.1. The van der Waals surface area contributed by atoms with Crippen molar-refractivity contribution in [2.24, 2.45) is 0 Å². The van der Waals surface area contributed by atoms with Gasteiger partial charge < -0.3 is 40.3 Å². The second-order valence-electron chi connectivity index (χ2n) is 7.86. The molecule has 1 aromatic heterocycles. The number of hydrogen-bond donors (Lipinski definition) is 4. The number of nitrogens with zero attached hydrogens (tertiary/aromatic N) is 3. The molecule has 0 bridgehead atoms. The molecule has 0 unspecified atom stereocenters. The summed E-state index contributed by atoms with van der Waals surface area (Å²) < 4.78 is 44.2. The Morgan fingerprint density at radius 1 is 1.22 bits per heavy atom. The number of aromatic nitrogens is 2. The molecule has 13 heteroatoms. The van der Waals surface area contributed by atoms with Gasteiger partial charge >= 0.3 is 0 Å². The molecule has 2 heterocycles. The van der Waals surface area contributed by atoms with Gasteiger partial charge in [-0.2, -0.15) is 0 Å². The van der Waals surface area contributed by atoms with Crippen molar-refractivity contribution in [2.45, 2.75) is 25.6 Å². The number of nitrogens with two attached hydrogens (primary N) is 1. The first kappa shape index (κ1) is 26.8. The minimum absolute atomic E-state index is 0.0539. The molecule has 0 spiro atoms. The third-order valence-corrected chi connectivity index (χ3v) is 5.49. The molecule has 194 valence electrons. The number of nitrogens with one attached hydrogen (secondary N) is 2. The molecular weight excluding hydrogens is 478 g/mol. The van der Waals surface area contributed by atoms with Gasteiger partial charge in [-0.3, -0.25) is 4.79 Å². The van der Waals surface area contributed by atoms with E-state index >= 15 is 0 Å². The number of aliphatic hydroxyl groups excluding tert-OH is 1. The summed E-state index contributed by atoms with van der Waals surface area (Å²) in [5, 5.41) is 21.6. The summed E-state index contributed by atoms with van der Waals surface area (Å²) in [6.45, 7) is 0.761. The van der Waals surface area contributed by atoms with Gasteiger partial charge in [0.1, 0.15) is 18.5 Å². The first-order chi connectivity index (χ1) is 17.4. The zero-order valence-corrected chi connectivity index (χ0v) is 20.0. The number of allylic oxidation sites excluding steroid dienone is 1. The minimum Gasteiger partial charge on any atom is -0.494 e. The van der Waals surface area contributed by atoms with Gasteiger partial charge in [0.25, 0.3) is 5.91 Å². The average Bonchev–Trinajstić information content (AvgIpc) is 2.89. The van der Waals surface area contributed by atoms with E-state index < -0.39 is 18.2 Å². The van der Waals surface area contributed by atoms with Crippen molar-refractivity contribution in [3.8, 4) is 17.2 Å². The summed E-state index contributed by atoms with van der Waals surface area (Å²) in [7, 11) is 2.51. The number of rotatable bonds is 11. The summed E-state index contributed by atoms with van der Waals surface area (Å²) in [5.41, 5.74) is -0.0219. The first-order valence-corrected chi connectivity index (χ1v) is 11.2. The molecule has 1 saturated heterocycles. The van der Waals surface area contributed by atoms with E-state index in [1.807, 2.05) is 0 Å². The standard InChI is InChI=1S/C23H28F2N6O5/c1-34-18-7-19(35-2)22(25)17(21(18)24)13-36-16-10-28-23(29-11-16)30-14(8-26)9-27-12-20(33)31-5-3-15(32)4-6-31/h7-11,15,26-27,32H,3-6,12-13H2,1-2H3,(H,28,29,30)/p+1/b14-9+,26-8?. The molecule has 36 heavy (non-hydrogen) atoms. The van der Waals surface area contributed by atoms with Crippen molar-refractivity contribution in [3.63, 3.8) is 0 Å². The van der Waals surface area contributed by atoms with E-state index in [0.717, 1.165) is 12.3 Å². The Kier molecular flexibility index (Phi) is 9.47. The predicted octanol–water partition coefficient (Wildman–Crippen LogP) is 0.801. The van der Waals surface area contributed by atoms with Gasteiger partial charge in [0.05, 0.1) is 38.3 Å². The summed E-state index contributed by atoms with van der Waals surface area (Å²) in [4.78, 5) is 22.1. The highest BCUT2D eigenvalue weighted by Crippen LogP contribution is 2.31. The number of likely N-dealkylation sites (tertiary alicyclic amines) is 1.